The van der Waals surface area contributed by atoms with Crippen molar-refractivity contribution in [1.29, 1.82) is 0 Å². The number of nitrogens with zero attached hydrogens (tertiary/aromatic N) is 3. The van der Waals surface area contributed by atoms with Crippen molar-refractivity contribution in [3.05, 3.63) is 59.4 Å². The third-order valence-corrected chi connectivity index (χ3v) is 3.62. The molecule has 0 bridgehead atoms. The fourth-order valence-corrected chi connectivity index (χ4v) is 1.94. The van der Waals surface area contributed by atoms with Gasteiger partial charge in [-0.1, -0.05) is 6.07 Å². The fraction of sp³-hybridized carbons (Fsp3) is 0.235. The number of benzene rings is 1. The van der Waals surface area contributed by atoms with Crippen molar-refractivity contribution in [2.24, 2.45) is 5.10 Å². The summed E-state index contributed by atoms with van der Waals surface area (Å²) in [5.41, 5.74) is 6.26. The normalized spacial score (nSPS) is 11.0. The lowest BCUT2D eigenvalue weighted by molar-refractivity contribution is 0.415. The van der Waals surface area contributed by atoms with Gasteiger partial charge in [-0.2, -0.15) is 5.10 Å². The van der Waals surface area contributed by atoms with Gasteiger partial charge < -0.3 is 9.64 Å². The second-order valence-corrected chi connectivity index (χ2v) is 5.55. The molecule has 0 fully saturated rings. The molecule has 1 heterocycles. The molecule has 23 heavy (non-hydrogen) atoms. The molecule has 0 amide bonds. The van der Waals surface area contributed by atoms with Crippen LogP contribution < -0.4 is 10.2 Å². The van der Waals surface area contributed by atoms with Gasteiger partial charge in [-0.25, -0.2) is 0 Å². The molecule has 0 radical (unpaired) electrons. The van der Waals surface area contributed by atoms with Gasteiger partial charge in [-0.15, -0.1) is 0 Å². The number of hydrogen-bond acceptors (Lipinski definition) is 4. The van der Waals surface area contributed by atoms with Gasteiger partial charge in [0.15, 0.2) is 5.11 Å². The summed E-state index contributed by atoms with van der Waals surface area (Å²) in [6, 6.07) is 13.5. The Balaban J connectivity index is 2.41. The average molecular weight is 328 g/mol. The number of ether oxygens (including phenoxy) is 1. The predicted octanol–water partition coefficient (Wildman–Crippen LogP) is 2.59. The molecule has 2 aromatic rings. The van der Waals surface area contributed by atoms with E-state index in [0.29, 0.717) is 5.11 Å². The van der Waals surface area contributed by atoms with Crippen LogP contribution in [0.3, 0.4) is 0 Å². The van der Waals surface area contributed by atoms with Crippen LogP contribution in [-0.2, 0) is 0 Å². The third kappa shape index (κ3) is 4.50. The summed E-state index contributed by atoms with van der Waals surface area (Å²) in [6.07, 6.45) is 0. The summed E-state index contributed by atoms with van der Waals surface area (Å²) < 4.78 is 5.20. The van der Waals surface area contributed by atoms with E-state index in [1.54, 1.807) is 12.0 Å². The number of thiocarbonyl (C=S) groups is 1. The zero-order chi connectivity index (χ0) is 16.8. The van der Waals surface area contributed by atoms with Gasteiger partial charge in [0, 0.05) is 25.4 Å². The Kier molecular flexibility index (Phi) is 5.65. The molecule has 1 aromatic carbocycles. The minimum absolute atomic E-state index is 0.531. The average Bonchev–Trinajstić information content (AvgIpc) is 2.55. The standard InChI is InChI=1S/C17H20N4OS/c1-12-6-5-7-15(18-12)16(19-20-17(23)21(2)3)13-8-10-14(22-4)11-9-13/h5-11H,1-4H3,(H,20,23)/b19-16-. The molecule has 0 atom stereocenters. The molecular weight excluding hydrogens is 308 g/mol. The molecule has 5 nitrogen and oxygen atoms in total. The summed E-state index contributed by atoms with van der Waals surface area (Å²) in [7, 11) is 5.37. The SMILES string of the molecule is COc1ccc(/C(=N/NC(=S)N(C)C)c2cccc(C)n2)cc1. The fourth-order valence-electron chi connectivity index (χ4n) is 1.90. The number of nitrogens with one attached hydrogen (secondary N) is 1. The Morgan fingerprint density at radius 2 is 1.87 bits per heavy atom. The van der Waals surface area contributed by atoms with E-state index in [0.717, 1.165) is 28.4 Å². The van der Waals surface area contributed by atoms with Gasteiger partial charge in [-0.3, -0.25) is 10.4 Å². The minimum atomic E-state index is 0.531. The maximum Gasteiger partial charge on any atom is 0.189 e. The first kappa shape index (κ1) is 16.9. The van der Waals surface area contributed by atoms with Gasteiger partial charge in [0.05, 0.1) is 12.8 Å². The first-order chi connectivity index (χ1) is 11.0. The monoisotopic (exact) mass is 328 g/mol. The highest BCUT2D eigenvalue weighted by atomic mass is 32.1. The highest BCUT2D eigenvalue weighted by Gasteiger charge is 2.10. The van der Waals surface area contributed by atoms with Crippen molar-refractivity contribution in [3.8, 4) is 5.75 Å². The van der Waals surface area contributed by atoms with Crippen molar-refractivity contribution in [2.75, 3.05) is 21.2 Å². The number of hydrogen-bond donors (Lipinski definition) is 1. The highest BCUT2D eigenvalue weighted by Crippen LogP contribution is 2.15. The number of rotatable bonds is 4. The Morgan fingerprint density at radius 1 is 1.17 bits per heavy atom. The zero-order valence-electron chi connectivity index (χ0n) is 13.7. The van der Waals surface area contributed by atoms with Crippen LogP contribution in [-0.4, -0.2) is 41.9 Å². The first-order valence-corrected chi connectivity index (χ1v) is 7.55. The van der Waals surface area contributed by atoms with Crippen LogP contribution in [0.1, 0.15) is 17.0 Å². The number of aromatic nitrogens is 1. The third-order valence-electron chi connectivity index (χ3n) is 3.16. The van der Waals surface area contributed by atoms with Crippen molar-refractivity contribution in [3.63, 3.8) is 0 Å². The van der Waals surface area contributed by atoms with E-state index in [4.69, 9.17) is 17.0 Å². The van der Waals surface area contributed by atoms with Gasteiger partial charge in [0.25, 0.3) is 0 Å². The van der Waals surface area contributed by atoms with Gasteiger partial charge in [-0.05, 0) is 55.5 Å². The summed E-state index contributed by atoms with van der Waals surface area (Å²) in [5.74, 6) is 0.794. The lowest BCUT2D eigenvalue weighted by Gasteiger charge is -2.14. The van der Waals surface area contributed by atoms with Crippen LogP contribution in [0.15, 0.2) is 47.6 Å². The van der Waals surface area contributed by atoms with Crippen LogP contribution in [0.2, 0.25) is 0 Å². The maximum atomic E-state index is 5.23. The molecule has 2 rings (SSSR count). The summed E-state index contributed by atoms with van der Waals surface area (Å²) >= 11 is 5.23. The van der Waals surface area contributed by atoms with Crippen LogP contribution in [0.25, 0.3) is 0 Å². The molecule has 0 aliphatic carbocycles. The molecule has 0 saturated carbocycles. The number of hydrazone groups is 1. The topological polar surface area (TPSA) is 49.8 Å². The number of pyridine rings is 1. The summed E-state index contributed by atoms with van der Waals surface area (Å²) in [6.45, 7) is 1.95. The largest absolute Gasteiger partial charge is 0.497 e. The summed E-state index contributed by atoms with van der Waals surface area (Å²) in [4.78, 5) is 6.34. The van der Waals surface area contributed by atoms with Gasteiger partial charge in [0.1, 0.15) is 11.5 Å². The van der Waals surface area contributed by atoms with Crippen molar-refractivity contribution in [1.82, 2.24) is 15.3 Å². The van der Waals surface area contributed by atoms with Gasteiger partial charge >= 0.3 is 0 Å². The lowest BCUT2D eigenvalue weighted by atomic mass is 10.1. The Labute approximate surface area is 142 Å². The highest BCUT2D eigenvalue weighted by molar-refractivity contribution is 7.80. The first-order valence-electron chi connectivity index (χ1n) is 7.14. The second-order valence-electron chi connectivity index (χ2n) is 5.16. The quantitative estimate of drug-likeness (QED) is 0.531. The van der Waals surface area contributed by atoms with E-state index < -0.39 is 0 Å². The number of methoxy groups -OCH3 is 1. The van der Waals surface area contributed by atoms with E-state index in [1.807, 2.05) is 63.5 Å². The molecule has 1 N–H and O–H groups in total. The molecule has 1 aromatic heterocycles. The molecule has 6 heteroatoms. The maximum absolute atomic E-state index is 5.23. The van der Waals surface area contributed by atoms with E-state index >= 15 is 0 Å². The van der Waals surface area contributed by atoms with E-state index in [9.17, 15) is 0 Å². The number of aryl methyl sites for hydroxylation is 1. The van der Waals surface area contributed by atoms with E-state index in [2.05, 4.69) is 15.5 Å². The molecule has 0 saturated heterocycles. The van der Waals surface area contributed by atoms with Crippen molar-refractivity contribution >= 4 is 23.0 Å². The molecule has 120 valence electrons. The van der Waals surface area contributed by atoms with Crippen molar-refractivity contribution in [2.45, 2.75) is 6.92 Å². The second kappa shape index (κ2) is 7.69. The molecule has 0 unspecified atom stereocenters. The van der Waals surface area contributed by atoms with Crippen molar-refractivity contribution < 1.29 is 4.74 Å². The smallest absolute Gasteiger partial charge is 0.189 e. The van der Waals surface area contributed by atoms with Gasteiger partial charge in [0.2, 0.25) is 0 Å². The molecule has 0 aliphatic heterocycles. The Morgan fingerprint density at radius 3 is 2.43 bits per heavy atom. The zero-order valence-corrected chi connectivity index (χ0v) is 14.5. The van der Waals surface area contributed by atoms with E-state index in [-0.39, 0.29) is 0 Å². The molecular formula is C17H20N4OS. The van der Waals surface area contributed by atoms with Crippen LogP contribution in [0.5, 0.6) is 5.75 Å². The van der Waals surface area contributed by atoms with Crippen LogP contribution in [0.4, 0.5) is 0 Å². The summed E-state index contributed by atoms with van der Waals surface area (Å²) in [5, 5.41) is 4.99. The molecule has 0 aliphatic rings. The molecule has 0 spiro atoms. The van der Waals surface area contributed by atoms with E-state index in [1.165, 1.54) is 0 Å². The Hall–Kier alpha value is -2.47. The predicted molar refractivity (Wildman–Crippen MR) is 97.0 cm³/mol. The lowest BCUT2D eigenvalue weighted by Crippen LogP contribution is -2.31. The minimum Gasteiger partial charge on any atom is -0.497 e. The van der Waals surface area contributed by atoms with Crippen LogP contribution in [0, 0.1) is 6.92 Å². The Bertz CT molecular complexity index is 711. The van der Waals surface area contributed by atoms with Crippen LogP contribution >= 0.6 is 12.2 Å².